The number of pyridine rings is 1. The minimum absolute atomic E-state index is 0. The minimum Gasteiger partial charge on any atom is -0.512 e. The predicted octanol–water partition coefficient (Wildman–Crippen LogP) is 7.14. The van der Waals surface area contributed by atoms with Crippen molar-refractivity contribution in [1.82, 2.24) is 4.98 Å². The van der Waals surface area contributed by atoms with Crippen molar-refractivity contribution in [2.24, 2.45) is 0 Å². The Hall–Kier alpha value is -2.33. The maximum Gasteiger partial charge on any atom is 0.155 e. The molecule has 32 heavy (non-hydrogen) atoms. The molecule has 0 atom stereocenters. The van der Waals surface area contributed by atoms with Gasteiger partial charge in [-0.15, -0.1) is 46.7 Å². The number of aliphatic hydroxyl groups is 1. The van der Waals surface area contributed by atoms with E-state index in [4.69, 9.17) is 10.1 Å². The van der Waals surface area contributed by atoms with Gasteiger partial charge in [-0.2, -0.15) is 0 Å². The molecule has 0 amide bonds. The second-order valence-electron chi connectivity index (χ2n) is 8.14. The van der Waals surface area contributed by atoms with Crippen LogP contribution in [0.3, 0.4) is 0 Å². The summed E-state index contributed by atoms with van der Waals surface area (Å²) in [6.45, 7) is 4.97. The first-order valence-corrected chi connectivity index (χ1v) is 11.4. The first kappa shape index (κ1) is 24.3. The molecule has 1 radical (unpaired) electrons. The standard InChI is InChI=1S/C22H18NS.C5H8O2.Ir/c1-14-5-4-8-17(11-14)21-22-18(9-10-23-21)19-12-15-6-2-3-7-16(15)13-20(19)24-22;1-4(6)3-5(2)7;/h4-5,9-13H,2-3,6-7H2,1H3;3,6H,1-2H3;/q-1;;/b;4-3-;. The third-order valence-electron chi connectivity index (χ3n) is 5.48. The number of nitrogens with zero attached hydrogens (tertiary/aromatic N) is 1. The predicted molar refractivity (Wildman–Crippen MR) is 130 cm³/mol. The van der Waals surface area contributed by atoms with Gasteiger partial charge < -0.3 is 10.1 Å². The fraction of sp³-hybridized carbons (Fsp3) is 0.259. The zero-order chi connectivity index (χ0) is 22.0. The molecule has 0 saturated heterocycles. The van der Waals surface area contributed by atoms with E-state index in [0.717, 1.165) is 11.3 Å². The van der Waals surface area contributed by atoms with Crippen molar-refractivity contribution in [3.63, 3.8) is 0 Å². The molecular weight excluding hydrogens is 595 g/mol. The number of hydrogen-bond donors (Lipinski definition) is 1. The van der Waals surface area contributed by atoms with Gasteiger partial charge in [0, 0.05) is 47.5 Å². The summed E-state index contributed by atoms with van der Waals surface area (Å²) in [7, 11) is 0. The van der Waals surface area contributed by atoms with Crippen LogP contribution in [0.2, 0.25) is 0 Å². The quantitative estimate of drug-likeness (QED) is 0.147. The van der Waals surface area contributed by atoms with E-state index in [2.05, 4.69) is 43.3 Å². The molecule has 5 rings (SSSR count). The van der Waals surface area contributed by atoms with Crippen molar-refractivity contribution in [2.45, 2.75) is 46.5 Å². The van der Waals surface area contributed by atoms with E-state index >= 15 is 0 Å². The Kier molecular flexibility index (Phi) is 8.00. The number of carbonyl (C=O) groups excluding carboxylic acids is 1. The number of fused-ring (bicyclic) bond motifs is 4. The van der Waals surface area contributed by atoms with E-state index in [9.17, 15) is 4.79 Å². The number of aliphatic hydroxyl groups excluding tert-OH is 1. The summed E-state index contributed by atoms with van der Waals surface area (Å²) >= 11 is 1.88. The molecule has 4 aromatic rings. The van der Waals surface area contributed by atoms with Crippen molar-refractivity contribution < 1.29 is 30.0 Å². The van der Waals surface area contributed by atoms with Gasteiger partial charge in [-0.25, -0.2) is 0 Å². The van der Waals surface area contributed by atoms with Crippen LogP contribution in [0.1, 0.15) is 43.4 Å². The number of benzene rings is 2. The first-order chi connectivity index (χ1) is 14.9. The maximum atomic E-state index is 10.0. The molecule has 0 spiro atoms. The van der Waals surface area contributed by atoms with Crippen LogP contribution in [0.25, 0.3) is 31.4 Å². The van der Waals surface area contributed by atoms with Gasteiger partial charge in [0.05, 0.1) is 5.76 Å². The van der Waals surface area contributed by atoms with Crippen LogP contribution < -0.4 is 0 Å². The Morgan fingerprint density at radius 1 is 1.09 bits per heavy atom. The van der Waals surface area contributed by atoms with E-state index in [0.29, 0.717) is 0 Å². The van der Waals surface area contributed by atoms with Crippen LogP contribution >= 0.6 is 11.3 Å². The zero-order valence-electron chi connectivity index (χ0n) is 18.5. The summed E-state index contributed by atoms with van der Waals surface area (Å²) in [5.41, 5.74) is 6.51. The van der Waals surface area contributed by atoms with Crippen LogP contribution in [-0.4, -0.2) is 15.9 Å². The number of allylic oxidation sites excluding steroid dienone is 2. The molecule has 0 bridgehead atoms. The fourth-order valence-corrected chi connectivity index (χ4v) is 5.38. The van der Waals surface area contributed by atoms with Crippen LogP contribution in [0.15, 0.2) is 54.4 Å². The van der Waals surface area contributed by atoms with Gasteiger partial charge >= 0.3 is 0 Å². The molecule has 2 aromatic carbocycles. The largest absolute Gasteiger partial charge is 0.512 e. The normalized spacial score (nSPS) is 13.2. The van der Waals surface area contributed by atoms with Crippen LogP contribution in [-0.2, 0) is 37.7 Å². The molecule has 0 aliphatic heterocycles. The smallest absolute Gasteiger partial charge is 0.155 e. The fourth-order valence-electron chi connectivity index (χ4n) is 4.13. The Bertz CT molecular complexity index is 1300. The van der Waals surface area contributed by atoms with E-state index < -0.39 is 0 Å². The van der Waals surface area contributed by atoms with E-state index in [1.165, 1.54) is 71.3 Å². The summed E-state index contributed by atoms with van der Waals surface area (Å²) in [5, 5.41) is 11.1. The third kappa shape index (κ3) is 5.35. The molecule has 3 nitrogen and oxygen atoms in total. The average Bonchev–Trinajstić information content (AvgIpc) is 3.09. The SMILES string of the molecule is CC(=O)/C=C(/C)O.Cc1cc[c-]c(-c2nccc3c2sc2cc4c(cc23)CCCC4)c1.[Ir]. The number of thiophene rings is 1. The summed E-state index contributed by atoms with van der Waals surface area (Å²) in [5.74, 6) is -0.0625. The number of aromatic nitrogens is 1. The van der Waals surface area contributed by atoms with Crippen LogP contribution in [0, 0.1) is 13.0 Å². The Balaban J connectivity index is 0.000000318. The van der Waals surface area contributed by atoms with Crippen LogP contribution in [0.4, 0.5) is 0 Å². The molecule has 0 saturated carbocycles. The molecule has 0 unspecified atom stereocenters. The second kappa shape index (κ2) is 10.5. The van der Waals surface area contributed by atoms with E-state index in [-0.39, 0.29) is 31.6 Å². The van der Waals surface area contributed by atoms with Gasteiger partial charge in [0.25, 0.3) is 0 Å². The maximum absolute atomic E-state index is 10.0. The molecule has 1 aliphatic rings. The van der Waals surface area contributed by atoms with Gasteiger partial charge in [0.15, 0.2) is 5.78 Å². The molecule has 0 fully saturated rings. The Morgan fingerprint density at radius 2 is 1.81 bits per heavy atom. The molecule has 2 aromatic heterocycles. The molecule has 167 valence electrons. The third-order valence-corrected chi connectivity index (χ3v) is 6.65. The van der Waals surface area contributed by atoms with Gasteiger partial charge in [-0.1, -0.05) is 6.92 Å². The summed E-state index contributed by atoms with van der Waals surface area (Å²) in [6, 6.07) is 16.7. The van der Waals surface area contributed by atoms with Crippen molar-refractivity contribution >= 4 is 37.3 Å². The Morgan fingerprint density at radius 3 is 2.44 bits per heavy atom. The van der Waals surface area contributed by atoms with Crippen molar-refractivity contribution in [1.29, 1.82) is 0 Å². The summed E-state index contributed by atoms with van der Waals surface area (Å²) in [6.07, 6.45) is 8.22. The summed E-state index contributed by atoms with van der Waals surface area (Å²) in [4.78, 5) is 14.7. The number of ketones is 1. The van der Waals surface area contributed by atoms with Crippen molar-refractivity contribution in [3.8, 4) is 11.3 Å². The number of rotatable bonds is 2. The van der Waals surface area contributed by atoms with Gasteiger partial charge in [-0.3, -0.25) is 4.79 Å². The average molecular weight is 621 g/mol. The first-order valence-electron chi connectivity index (χ1n) is 10.6. The number of aryl methyl sites for hydroxylation is 3. The monoisotopic (exact) mass is 621 g/mol. The van der Waals surface area contributed by atoms with Gasteiger partial charge in [0.2, 0.25) is 0 Å². The number of carbonyl (C=O) groups is 1. The minimum atomic E-state index is -0.125. The van der Waals surface area contributed by atoms with Gasteiger partial charge in [0.1, 0.15) is 0 Å². The topological polar surface area (TPSA) is 50.2 Å². The molecule has 5 heteroatoms. The Labute approximate surface area is 206 Å². The zero-order valence-corrected chi connectivity index (χ0v) is 21.7. The van der Waals surface area contributed by atoms with E-state index in [1.807, 2.05) is 23.6 Å². The molecule has 1 N–H and O–H groups in total. The van der Waals surface area contributed by atoms with Crippen molar-refractivity contribution in [2.75, 3.05) is 0 Å². The molecule has 2 heterocycles. The van der Waals surface area contributed by atoms with Gasteiger partial charge in [-0.05, 0) is 79.6 Å². The summed E-state index contributed by atoms with van der Waals surface area (Å²) < 4.78 is 2.68. The van der Waals surface area contributed by atoms with E-state index in [1.54, 1.807) is 11.1 Å². The molecule has 1 aliphatic carbocycles. The van der Waals surface area contributed by atoms with Crippen LogP contribution in [0.5, 0.6) is 0 Å². The molecular formula is C27H26IrNO2S-. The second-order valence-corrected chi connectivity index (χ2v) is 9.19. The van der Waals surface area contributed by atoms with Crippen molar-refractivity contribution in [3.05, 3.63) is 77.2 Å². The number of hydrogen-bond acceptors (Lipinski definition) is 4.